The van der Waals surface area contributed by atoms with Crippen LogP contribution >= 0.6 is 25.5 Å². The zero-order chi connectivity index (χ0) is 16.6. The van der Waals surface area contributed by atoms with Crippen LogP contribution in [-0.4, -0.2) is 0 Å². The van der Waals surface area contributed by atoms with E-state index in [0.717, 1.165) is 28.2 Å². The maximum atomic E-state index is 6.20. The average molecular weight is 379 g/mol. The van der Waals surface area contributed by atoms with Crippen LogP contribution in [0.2, 0.25) is 0 Å². The number of fused-ring (bicyclic) bond motifs is 4. The summed E-state index contributed by atoms with van der Waals surface area (Å²) in [5.74, 6) is 0.869. The molecule has 0 aliphatic carbocycles. The van der Waals surface area contributed by atoms with Crippen LogP contribution in [0.25, 0.3) is 32.3 Å². The lowest BCUT2D eigenvalue weighted by Crippen LogP contribution is -1.97. The minimum Gasteiger partial charge on any atom is -0.438 e. The molecule has 0 amide bonds. The highest BCUT2D eigenvalue weighted by Crippen LogP contribution is 2.47. The molecule has 25 heavy (non-hydrogen) atoms. The van der Waals surface area contributed by atoms with Gasteiger partial charge in [0.25, 0.3) is 0 Å². The van der Waals surface area contributed by atoms with E-state index in [4.69, 9.17) is 4.52 Å². The van der Waals surface area contributed by atoms with E-state index in [1.54, 1.807) is 0 Å². The minimum absolute atomic E-state index is 0.735. The molecule has 1 unspecified atom stereocenters. The van der Waals surface area contributed by atoms with Crippen molar-refractivity contribution >= 4 is 57.8 Å². The summed E-state index contributed by atoms with van der Waals surface area (Å²) in [6, 6.07) is 23.5. The van der Waals surface area contributed by atoms with E-state index in [-0.39, 0.29) is 0 Å². The highest BCUT2D eigenvalue weighted by Gasteiger charge is 2.15. The summed E-state index contributed by atoms with van der Waals surface area (Å²) < 4.78 is 14.7. The lowest BCUT2D eigenvalue weighted by Gasteiger charge is -2.15. The first-order valence-electron chi connectivity index (χ1n) is 7.77. The zero-order valence-electron chi connectivity index (χ0n) is 13.0. The van der Waals surface area contributed by atoms with Gasteiger partial charge in [0, 0.05) is 5.39 Å². The zero-order valence-corrected chi connectivity index (χ0v) is 15.7. The number of nitrogens with zero attached hydrogens (tertiary/aromatic N) is 2. The van der Waals surface area contributed by atoms with Crippen LogP contribution in [0.5, 0.6) is 5.75 Å². The van der Waals surface area contributed by atoms with Crippen LogP contribution in [0.3, 0.4) is 0 Å². The monoisotopic (exact) mass is 379 g/mol. The van der Waals surface area contributed by atoms with Crippen molar-refractivity contribution < 1.29 is 4.52 Å². The molecule has 1 N–H and O–H groups in total. The normalized spacial score (nSPS) is 18.0. The fraction of sp³-hybridized carbons (Fsp3) is 0. The Bertz CT molecular complexity index is 1180. The molecule has 0 radical (unpaired) electrons. The van der Waals surface area contributed by atoms with Crippen LogP contribution in [0.1, 0.15) is 0 Å². The third-order valence-corrected chi connectivity index (χ3v) is 7.27. The Morgan fingerprint density at radius 2 is 1.64 bits per heavy atom. The fourth-order valence-corrected chi connectivity index (χ4v) is 6.04. The maximum absolute atomic E-state index is 6.20. The molecule has 0 spiro atoms. The minimum atomic E-state index is -1.05. The SMILES string of the molecule is c1ccc2cc3c(ccc4cccc(OP5N=PN=PN5)c43)cc2c1. The standard InChI is InChI=1S/C18H12N3OP3/c1-2-5-14-11-16-15(10-13(14)4-1)9-8-12-6-3-7-17(18(12)16)22-25-20-23-19-24-21-25/h1-11H,(H,19,20,21). The molecule has 4 nitrogen and oxygen atoms in total. The Morgan fingerprint density at radius 1 is 0.840 bits per heavy atom. The van der Waals surface area contributed by atoms with Crippen LogP contribution in [-0.2, 0) is 0 Å². The molecule has 4 aromatic carbocycles. The van der Waals surface area contributed by atoms with Gasteiger partial charge in [-0.25, -0.2) is 0 Å². The van der Waals surface area contributed by atoms with Crippen LogP contribution in [0.4, 0.5) is 0 Å². The molecule has 1 heterocycles. The van der Waals surface area contributed by atoms with Gasteiger partial charge in [0.1, 0.15) is 14.3 Å². The summed E-state index contributed by atoms with van der Waals surface area (Å²) in [7, 11) is 0.509. The molecular weight excluding hydrogens is 367 g/mol. The molecule has 1 aliphatic heterocycles. The van der Waals surface area contributed by atoms with Crippen molar-refractivity contribution in [3.05, 3.63) is 66.7 Å². The van der Waals surface area contributed by atoms with E-state index in [0.29, 0.717) is 0 Å². The number of hydrogen-bond donors (Lipinski definition) is 1. The molecule has 0 aromatic heterocycles. The van der Waals surface area contributed by atoms with E-state index in [9.17, 15) is 0 Å². The predicted octanol–water partition coefficient (Wildman–Crippen LogP) is 7.44. The molecular formula is C18H12N3OP3. The number of benzene rings is 4. The fourth-order valence-electron chi connectivity index (χ4n) is 3.13. The predicted molar refractivity (Wildman–Crippen MR) is 108 cm³/mol. The smallest absolute Gasteiger partial charge is 0.311 e. The van der Waals surface area contributed by atoms with Gasteiger partial charge < -0.3 is 4.52 Å². The van der Waals surface area contributed by atoms with Crippen molar-refractivity contribution in [3.8, 4) is 5.75 Å². The molecule has 120 valence electrons. The molecule has 1 aliphatic rings. The Hall–Kier alpha value is -1.95. The lowest BCUT2D eigenvalue weighted by atomic mass is 9.98. The number of rotatable bonds is 2. The molecule has 0 bridgehead atoms. The van der Waals surface area contributed by atoms with Gasteiger partial charge in [-0.15, -0.1) is 0 Å². The van der Waals surface area contributed by atoms with E-state index in [2.05, 4.69) is 68.5 Å². The highest BCUT2D eigenvalue weighted by atomic mass is 31.2. The van der Waals surface area contributed by atoms with Crippen LogP contribution < -0.4 is 9.38 Å². The molecule has 1 atom stereocenters. The average Bonchev–Trinajstić information content (AvgIpc) is 2.67. The quantitative estimate of drug-likeness (QED) is 0.223. The Morgan fingerprint density at radius 3 is 2.48 bits per heavy atom. The van der Waals surface area contributed by atoms with E-state index in [1.165, 1.54) is 26.9 Å². The second kappa shape index (κ2) is 6.41. The third-order valence-electron chi connectivity index (χ3n) is 4.21. The van der Waals surface area contributed by atoms with Gasteiger partial charge >= 0.3 is 8.45 Å². The Kier molecular flexibility index (Phi) is 3.93. The molecule has 0 fully saturated rings. The third kappa shape index (κ3) is 2.82. The van der Waals surface area contributed by atoms with Crippen LogP contribution in [0, 0.1) is 0 Å². The van der Waals surface area contributed by atoms with Gasteiger partial charge in [0.05, 0.1) is 0 Å². The lowest BCUT2D eigenvalue weighted by molar-refractivity contribution is 0.620. The summed E-state index contributed by atoms with van der Waals surface area (Å²) in [5, 5.41) is 7.22. The molecule has 0 saturated carbocycles. The van der Waals surface area contributed by atoms with Gasteiger partial charge in [-0.3, -0.25) is 0 Å². The highest BCUT2D eigenvalue weighted by molar-refractivity contribution is 7.64. The van der Waals surface area contributed by atoms with Crippen molar-refractivity contribution in [1.82, 2.24) is 4.86 Å². The van der Waals surface area contributed by atoms with Crippen molar-refractivity contribution in [3.63, 3.8) is 0 Å². The first-order chi connectivity index (χ1) is 12.4. The summed E-state index contributed by atoms with van der Waals surface area (Å²) in [4.78, 5) is 3.18. The topological polar surface area (TPSA) is 46.0 Å². The summed E-state index contributed by atoms with van der Waals surface area (Å²) in [5.41, 5.74) is 0. The van der Waals surface area contributed by atoms with Gasteiger partial charge in [-0.2, -0.15) is 13.9 Å². The van der Waals surface area contributed by atoms with Crippen molar-refractivity contribution in [2.75, 3.05) is 0 Å². The largest absolute Gasteiger partial charge is 0.438 e. The Labute approximate surface area is 149 Å². The molecule has 4 aromatic rings. The van der Waals surface area contributed by atoms with Crippen molar-refractivity contribution in [1.29, 1.82) is 0 Å². The first-order valence-corrected chi connectivity index (χ1v) is 10.6. The summed E-state index contributed by atoms with van der Waals surface area (Å²) >= 11 is 0. The van der Waals surface area contributed by atoms with Crippen molar-refractivity contribution in [2.24, 2.45) is 9.03 Å². The van der Waals surface area contributed by atoms with Crippen molar-refractivity contribution in [2.45, 2.75) is 0 Å². The second-order valence-corrected chi connectivity index (χ2v) is 9.01. The van der Waals surface area contributed by atoms with Gasteiger partial charge in [-0.1, -0.05) is 48.5 Å². The number of hydrogen-bond acceptors (Lipinski definition) is 4. The maximum Gasteiger partial charge on any atom is 0.311 e. The van der Waals surface area contributed by atoms with Crippen LogP contribution in [0.15, 0.2) is 75.8 Å². The molecule has 5 rings (SSSR count). The second-order valence-electron chi connectivity index (χ2n) is 5.67. The summed E-state index contributed by atoms with van der Waals surface area (Å²) in [6.45, 7) is 0. The van der Waals surface area contributed by atoms with E-state index >= 15 is 0 Å². The summed E-state index contributed by atoms with van der Waals surface area (Å²) in [6.07, 6.45) is 0. The Balaban J connectivity index is 1.76. The first kappa shape index (κ1) is 15.3. The molecule has 0 saturated heterocycles. The van der Waals surface area contributed by atoms with E-state index < -0.39 is 8.45 Å². The van der Waals surface area contributed by atoms with E-state index in [1.807, 2.05) is 12.1 Å². The van der Waals surface area contributed by atoms with Gasteiger partial charge in [-0.05, 0) is 45.1 Å². The molecule has 7 heteroatoms. The van der Waals surface area contributed by atoms with Gasteiger partial charge in [0.2, 0.25) is 0 Å². The van der Waals surface area contributed by atoms with Gasteiger partial charge in [0.15, 0.2) is 8.52 Å². The number of nitrogens with one attached hydrogen (secondary N) is 1.